The van der Waals surface area contributed by atoms with E-state index in [9.17, 15) is 19.8 Å². The minimum atomic E-state index is -1.07. The van der Waals surface area contributed by atoms with Crippen LogP contribution in [0.4, 0.5) is 0 Å². The molecule has 0 radical (unpaired) electrons. The second kappa shape index (κ2) is 10.5. The van der Waals surface area contributed by atoms with E-state index in [1.807, 2.05) is 0 Å². The lowest BCUT2D eigenvalue weighted by Gasteiger charge is -2.17. The summed E-state index contributed by atoms with van der Waals surface area (Å²) in [5.41, 5.74) is 1.48. The smallest absolute Gasteiger partial charge is 0.344 e. The lowest BCUT2D eigenvalue weighted by molar-refractivity contribution is -0.142. The number of carbonyl (C=O) groups is 2. The highest BCUT2D eigenvalue weighted by molar-refractivity contribution is 5.94. The molecule has 3 N–H and O–H groups in total. The average molecular weight is 393 g/mol. The monoisotopic (exact) mass is 393 g/mol. The topological polar surface area (TPSA) is 126 Å². The van der Waals surface area contributed by atoms with Crippen LogP contribution in [0.5, 0.6) is 11.5 Å². The molecule has 1 aliphatic rings. The summed E-state index contributed by atoms with van der Waals surface area (Å²) < 4.78 is 5.46. The molecular formula is C20H27NO7. The van der Waals surface area contributed by atoms with Crippen molar-refractivity contribution in [3.8, 4) is 11.5 Å². The largest absolute Gasteiger partial charge is 0.508 e. The Bertz CT molecular complexity index is 730. The molecule has 1 heterocycles. The fourth-order valence-corrected chi connectivity index (χ4v) is 3.21. The number of cyclic esters (lactones) is 1. The van der Waals surface area contributed by atoms with E-state index in [0.29, 0.717) is 37.7 Å². The van der Waals surface area contributed by atoms with Crippen molar-refractivity contribution in [3.05, 3.63) is 23.3 Å². The van der Waals surface area contributed by atoms with E-state index in [2.05, 4.69) is 5.16 Å². The van der Waals surface area contributed by atoms with Crippen LogP contribution in [0, 0.1) is 0 Å². The Labute approximate surface area is 163 Å². The molecule has 0 aliphatic carbocycles. The molecule has 1 aromatic carbocycles. The van der Waals surface area contributed by atoms with Gasteiger partial charge >= 0.3 is 11.9 Å². The van der Waals surface area contributed by atoms with Crippen LogP contribution < -0.4 is 0 Å². The summed E-state index contributed by atoms with van der Waals surface area (Å²) >= 11 is 0. The van der Waals surface area contributed by atoms with Crippen LogP contribution in [-0.4, -0.2) is 45.7 Å². The minimum absolute atomic E-state index is 0.0942. The predicted molar refractivity (Wildman–Crippen MR) is 102 cm³/mol. The number of hydrogen-bond acceptors (Lipinski definition) is 7. The molecule has 0 spiro atoms. The number of esters is 1. The fraction of sp³-hybridized carbons (Fsp3) is 0.550. The zero-order valence-electron chi connectivity index (χ0n) is 16.0. The third-order valence-corrected chi connectivity index (χ3v) is 4.57. The van der Waals surface area contributed by atoms with Gasteiger partial charge in [-0.2, -0.15) is 0 Å². The van der Waals surface area contributed by atoms with Gasteiger partial charge in [-0.25, -0.2) is 9.59 Å². The van der Waals surface area contributed by atoms with Crippen molar-refractivity contribution >= 4 is 17.7 Å². The molecule has 0 bridgehead atoms. The molecule has 1 atom stereocenters. The van der Waals surface area contributed by atoms with E-state index in [0.717, 1.165) is 31.0 Å². The molecule has 1 aliphatic heterocycles. The van der Waals surface area contributed by atoms with Crippen molar-refractivity contribution in [1.82, 2.24) is 0 Å². The van der Waals surface area contributed by atoms with Crippen LogP contribution in [-0.2, 0) is 20.8 Å². The zero-order chi connectivity index (χ0) is 20.5. The van der Waals surface area contributed by atoms with Gasteiger partial charge in [0.25, 0.3) is 0 Å². The predicted octanol–water partition coefficient (Wildman–Crippen LogP) is 3.39. The summed E-state index contributed by atoms with van der Waals surface area (Å²) in [7, 11) is 0. The molecule has 28 heavy (non-hydrogen) atoms. The van der Waals surface area contributed by atoms with E-state index >= 15 is 0 Å². The van der Waals surface area contributed by atoms with E-state index in [1.165, 1.54) is 6.07 Å². The summed E-state index contributed by atoms with van der Waals surface area (Å²) in [6, 6.07) is 2.63. The first-order valence-electron chi connectivity index (χ1n) is 9.52. The van der Waals surface area contributed by atoms with Crippen LogP contribution >= 0.6 is 0 Å². The third-order valence-electron chi connectivity index (χ3n) is 4.57. The molecule has 0 fully saturated rings. The first-order valence-corrected chi connectivity index (χ1v) is 9.52. The van der Waals surface area contributed by atoms with Gasteiger partial charge in [-0.05, 0) is 63.5 Å². The average Bonchev–Trinajstić information content (AvgIpc) is 2.59. The normalized spacial score (nSPS) is 20.7. The standard InChI is InChI=1S/C20H27NO7/c1-13-6-5-9-15(21-27-12-18(24)25)8-4-2-3-7-14-10-16(22)11-17(23)19(14)20(26)28-13/h10-11,13,22-23H,2-9,12H2,1H3,(H,24,25)/b21-15-/t13-/m0/s1. The number of fused-ring (bicyclic) bond motifs is 1. The van der Waals surface area contributed by atoms with Crippen LogP contribution in [0.15, 0.2) is 17.3 Å². The number of aliphatic carboxylic acids is 1. The number of benzene rings is 1. The summed E-state index contributed by atoms with van der Waals surface area (Å²) in [4.78, 5) is 28.0. The zero-order valence-corrected chi connectivity index (χ0v) is 16.0. The number of hydrogen-bond donors (Lipinski definition) is 3. The number of ether oxygens (including phenoxy) is 1. The van der Waals surface area contributed by atoms with E-state index < -0.39 is 18.5 Å². The van der Waals surface area contributed by atoms with Crippen molar-refractivity contribution in [1.29, 1.82) is 0 Å². The van der Waals surface area contributed by atoms with Crippen molar-refractivity contribution < 1.29 is 34.5 Å². The van der Waals surface area contributed by atoms with E-state index in [4.69, 9.17) is 14.7 Å². The molecule has 2 rings (SSSR count). The Morgan fingerprint density at radius 2 is 1.89 bits per heavy atom. The molecule has 0 saturated heterocycles. The maximum absolute atomic E-state index is 12.5. The highest BCUT2D eigenvalue weighted by Crippen LogP contribution is 2.30. The lowest BCUT2D eigenvalue weighted by atomic mass is 9.98. The van der Waals surface area contributed by atoms with Crippen molar-refractivity contribution in [2.24, 2.45) is 5.16 Å². The van der Waals surface area contributed by atoms with Crippen molar-refractivity contribution in [2.45, 2.75) is 64.4 Å². The van der Waals surface area contributed by atoms with E-state index in [-0.39, 0.29) is 23.2 Å². The van der Waals surface area contributed by atoms with Crippen LogP contribution in [0.2, 0.25) is 0 Å². The number of oxime groups is 1. The number of nitrogens with zero attached hydrogens (tertiary/aromatic N) is 1. The van der Waals surface area contributed by atoms with E-state index in [1.54, 1.807) is 6.92 Å². The van der Waals surface area contributed by atoms with Crippen LogP contribution in [0.3, 0.4) is 0 Å². The summed E-state index contributed by atoms with van der Waals surface area (Å²) in [6.45, 7) is 1.31. The second-order valence-electron chi connectivity index (χ2n) is 6.99. The Morgan fingerprint density at radius 1 is 1.18 bits per heavy atom. The summed E-state index contributed by atoms with van der Waals surface area (Å²) in [6.07, 6.45) is 5.23. The first kappa shape index (κ1) is 21.5. The van der Waals surface area contributed by atoms with Gasteiger partial charge in [0.2, 0.25) is 6.61 Å². The van der Waals surface area contributed by atoms with Crippen LogP contribution in [0.25, 0.3) is 0 Å². The first-order chi connectivity index (χ1) is 13.4. The number of phenols is 2. The number of carboxylic acid groups (broad SMARTS) is 1. The quantitative estimate of drug-likeness (QED) is 0.531. The van der Waals surface area contributed by atoms with Crippen LogP contribution in [0.1, 0.15) is 67.8 Å². The Balaban J connectivity index is 2.12. The lowest BCUT2D eigenvalue weighted by Crippen LogP contribution is -2.17. The van der Waals surface area contributed by atoms with Gasteiger partial charge in [0.15, 0.2) is 0 Å². The van der Waals surface area contributed by atoms with Gasteiger partial charge in [-0.3, -0.25) is 0 Å². The number of aryl methyl sites for hydroxylation is 1. The van der Waals surface area contributed by atoms with Gasteiger partial charge < -0.3 is 24.9 Å². The molecule has 154 valence electrons. The number of aromatic hydroxyl groups is 2. The second-order valence-corrected chi connectivity index (χ2v) is 6.99. The van der Waals surface area contributed by atoms with Gasteiger partial charge in [0.1, 0.15) is 17.1 Å². The molecular weight excluding hydrogens is 366 g/mol. The van der Waals surface area contributed by atoms with Crippen molar-refractivity contribution in [2.75, 3.05) is 6.61 Å². The molecule has 0 unspecified atom stereocenters. The molecule has 0 amide bonds. The highest BCUT2D eigenvalue weighted by atomic mass is 16.6. The Morgan fingerprint density at radius 3 is 2.64 bits per heavy atom. The molecule has 0 saturated carbocycles. The van der Waals surface area contributed by atoms with Gasteiger partial charge in [0, 0.05) is 6.07 Å². The van der Waals surface area contributed by atoms with Crippen molar-refractivity contribution in [3.63, 3.8) is 0 Å². The molecule has 8 nitrogen and oxygen atoms in total. The third kappa shape index (κ3) is 6.75. The van der Waals surface area contributed by atoms with Gasteiger partial charge in [0.05, 0.1) is 11.8 Å². The molecule has 8 heteroatoms. The Hall–Kier alpha value is -2.77. The molecule has 1 aromatic rings. The minimum Gasteiger partial charge on any atom is -0.508 e. The summed E-state index contributed by atoms with van der Waals surface area (Å²) in [5, 5.41) is 32.5. The number of carboxylic acids is 1. The van der Waals surface area contributed by atoms with Gasteiger partial charge in [-0.1, -0.05) is 11.6 Å². The maximum Gasteiger partial charge on any atom is 0.344 e. The highest BCUT2D eigenvalue weighted by Gasteiger charge is 2.21. The fourth-order valence-electron chi connectivity index (χ4n) is 3.21. The van der Waals surface area contributed by atoms with Gasteiger partial charge in [-0.15, -0.1) is 0 Å². The maximum atomic E-state index is 12.5. The summed E-state index contributed by atoms with van der Waals surface area (Å²) in [5.74, 6) is -2.04. The number of carbonyl (C=O) groups excluding carboxylic acids is 1. The molecule has 0 aromatic heterocycles. The number of phenolic OH excluding ortho intramolecular Hbond substituents is 2. The number of rotatable bonds is 3. The Kier molecular flexibility index (Phi) is 8.10. The SMILES string of the molecule is C[C@H]1CCC/C(=N\OCC(=O)O)CCCCCc2cc(O)cc(O)c2C(=O)O1.